The number of ether oxygens (including phenoxy) is 1. The Labute approximate surface area is 130 Å². The molecule has 112 valence electrons. The SMILES string of the molecule is CCOc1cc(C)nc(NC(C)(CCl)c2ccccc2)n1. The van der Waals surface area contributed by atoms with Crippen LogP contribution in [0.25, 0.3) is 0 Å². The lowest BCUT2D eigenvalue weighted by molar-refractivity contribution is 0.326. The zero-order valence-corrected chi connectivity index (χ0v) is 13.3. The maximum Gasteiger partial charge on any atom is 0.226 e. The van der Waals surface area contributed by atoms with Crippen LogP contribution in [0, 0.1) is 6.92 Å². The van der Waals surface area contributed by atoms with E-state index in [0.29, 0.717) is 24.3 Å². The van der Waals surface area contributed by atoms with Crippen LogP contribution in [-0.2, 0) is 5.54 Å². The maximum atomic E-state index is 6.18. The number of halogens is 1. The summed E-state index contributed by atoms with van der Waals surface area (Å²) >= 11 is 6.18. The fraction of sp³-hybridized carbons (Fsp3) is 0.375. The first-order valence-corrected chi connectivity index (χ1v) is 7.49. The first-order valence-electron chi connectivity index (χ1n) is 6.95. The van der Waals surface area contributed by atoms with Gasteiger partial charge < -0.3 is 10.1 Å². The van der Waals surface area contributed by atoms with Crippen LogP contribution >= 0.6 is 11.6 Å². The van der Waals surface area contributed by atoms with Crippen molar-refractivity contribution in [3.63, 3.8) is 0 Å². The van der Waals surface area contributed by atoms with Gasteiger partial charge >= 0.3 is 0 Å². The number of aromatic nitrogens is 2. The van der Waals surface area contributed by atoms with Gasteiger partial charge in [-0.1, -0.05) is 30.3 Å². The normalized spacial score (nSPS) is 13.5. The van der Waals surface area contributed by atoms with Gasteiger partial charge in [0.15, 0.2) is 0 Å². The zero-order chi connectivity index (χ0) is 15.3. The summed E-state index contributed by atoms with van der Waals surface area (Å²) in [4.78, 5) is 8.79. The van der Waals surface area contributed by atoms with E-state index in [0.717, 1.165) is 11.3 Å². The van der Waals surface area contributed by atoms with Crippen LogP contribution < -0.4 is 10.1 Å². The fourth-order valence-electron chi connectivity index (χ4n) is 2.05. The number of nitrogens with zero attached hydrogens (tertiary/aromatic N) is 2. The first kappa shape index (κ1) is 15.6. The number of anilines is 1. The van der Waals surface area contributed by atoms with Crippen LogP contribution in [0.5, 0.6) is 5.88 Å². The molecule has 0 aliphatic carbocycles. The van der Waals surface area contributed by atoms with Gasteiger partial charge in [0, 0.05) is 17.6 Å². The number of alkyl halides is 1. The molecule has 1 atom stereocenters. The van der Waals surface area contributed by atoms with Crippen LogP contribution in [0.2, 0.25) is 0 Å². The van der Waals surface area contributed by atoms with Gasteiger partial charge in [-0.25, -0.2) is 4.98 Å². The average Bonchev–Trinajstić information content (AvgIpc) is 2.48. The Morgan fingerprint density at radius 2 is 1.95 bits per heavy atom. The van der Waals surface area contributed by atoms with Crippen LogP contribution in [0.1, 0.15) is 25.1 Å². The third-order valence-corrected chi connectivity index (χ3v) is 3.72. The molecule has 1 aromatic heterocycles. The van der Waals surface area contributed by atoms with Gasteiger partial charge in [-0.3, -0.25) is 0 Å². The largest absolute Gasteiger partial charge is 0.478 e. The van der Waals surface area contributed by atoms with Crippen LogP contribution in [0.15, 0.2) is 36.4 Å². The molecule has 2 aromatic rings. The van der Waals surface area contributed by atoms with E-state index in [9.17, 15) is 0 Å². The van der Waals surface area contributed by atoms with Crippen molar-refractivity contribution < 1.29 is 4.74 Å². The van der Waals surface area contributed by atoms with Crippen molar-refractivity contribution in [2.24, 2.45) is 0 Å². The van der Waals surface area contributed by atoms with Gasteiger partial charge in [0.1, 0.15) is 0 Å². The summed E-state index contributed by atoms with van der Waals surface area (Å²) in [7, 11) is 0. The highest BCUT2D eigenvalue weighted by Gasteiger charge is 2.26. The third kappa shape index (κ3) is 3.85. The summed E-state index contributed by atoms with van der Waals surface area (Å²) in [6.45, 7) is 6.44. The lowest BCUT2D eigenvalue weighted by atomic mass is 9.94. The van der Waals surface area contributed by atoms with Crippen molar-refractivity contribution in [2.45, 2.75) is 26.3 Å². The highest BCUT2D eigenvalue weighted by Crippen LogP contribution is 2.26. The van der Waals surface area contributed by atoms with E-state index in [-0.39, 0.29) is 0 Å². The summed E-state index contributed by atoms with van der Waals surface area (Å²) in [5.41, 5.74) is 1.49. The Morgan fingerprint density at radius 1 is 1.24 bits per heavy atom. The number of hydrogen-bond donors (Lipinski definition) is 1. The van der Waals surface area contributed by atoms with E-state index in [1.807, 2.05) is 57.2 Å². The number of benzene rings is 1. The second-order valence-electron chi connectivity index (χ2n) is 5.06. The molecule has 0 amide bonds. The molecule has 21 heavy (non-hydrogen) atoms. The van der Waals surface area contributed by atoms with Crippen molar-refractivity contribution in [1.29, 1.82) is 0 Å². The molecule has 0 fully saturated rings. The van der Waals surface area contributed by atoms with Crippen LogP contribution in [0.3, 0.4) is 0 Å². The second kappa shape index (κ2) is 6.76. The summed E-state index contributed by atoms with van der Waals surface area (Å²) in [5, 5.41) is 3.33. The Bertz CT molecular complexity index is 591. The van der Waals surface area contributed by atoms with E-state index >= 15 is 0 Å². The Kier molecular flexibility index (Phi) is 5.02. The summed E-state index contributed by atoms with van der Waals surface area (Å²) < 4.78 is 5.46. The monoisotopic (exact) mass is 305 g/mol. The molecule has 1 N–H and O–H groups in total. The Balaban J connectivity index is 2.30. The molecular weight excluding hydrogens is 286 g/mol. The highest BCUT2D eigenvalue weighted by atomic mass is 35.5. The lowest BCUT2D eigenvalue weighted by Gasteiger charge is -2.29. The highest BCUT2D eigenvalue weighted by molar-refractivity contribution is 6.18. The molecule has 1 aromatic carbocycles. The van der Waals surface area contributed by atoms with Gasteiger partial charge in [0.25, 0.3) is 0 Å². The number of rotatable bonds is 6. The molecule has 0 aliphatic heterocycles. The van der Waals surface area contributed by atoms with Gasteiger partial charge in [0.05, 0.1) is 12.1 Å². The third-order valence-electron chi connectivity index (χ3n) is 3.19. The van der Waals surface area contributed by atoms with E-state index in [1.54, 1.807) is 0 Å². The van der Waals surface area contributed by atoms with E-state index in [2.05, 4.69) is 15.3 Å². The van der Waals surface area contributed by atoms with E-state index in [4.69, 9.17) is 16.3 Å². The average molecular weight is 306 g/mol. The quantitative estimate of drug-likeness (QED) is 0.826. The van der Waals surface area contributed by atoms with Gasteiger partial charge in [-0.15, -0.1) is 11.6 Å². The van der Waals surface area contributed by atoms with Gasteiger partial charge in [-0.05, 0) is 26.3 Å². The first-order chi connectivity index (χ1) is 10.1. The molecule has 5 heteroatoms. The fourth-order valence-corrected chi connectivity index (χ4v) is 2.27. The predicted octanol–water partition coefficient (Wildman–Crippen LogP) is 3.75. The summed E-state index contributed by atoms with van der Waals surface area (Å²) in [5.74, 6) is 1.49. The number of hydrogen-bond acceptors (Lipinski definition) is 4. The molecule has 0 saturated heterocycles. The Hall–Kier alpha value is -1.81. The molecule has 4 nitrogen and oxygen atoms in total. The summed E-state index contributed by atoms with van der Waals surface area (Å²) in [6, 6.07) is 11.8. The van der Waals surface area contributed by atoms with Crippen molar-refractivity contribution in [3.8, 4) is 5.88 Å². The second-order valence-corrected chi connectivity index (χ2v) is 5.33. The van der Waals surface area contributed by atoms with Crippen molar-refractivity contribution >= 4 is 17.5 Å². The molecule has 2 rings (SSSR count). The van der Waals surface area contributed by atoms with Gasteiger partial charge in [-0.2, -0.15) is 4.98 Å². The number of nitrogens with one attached hydrogen (secondary N) is 1. The molecule has 1 unspecified atom stereocenters. The van der Waals surface area contributed by atoms with Crippen molar-refractivity contribution in [2.75, 3.05) is 17.8 Å². The molecule has 0 saturated carbocycles. The van der Waals surface area contributed by atoms with Gasteiger partial charge in [0.2, 0.25) is 11.8 Å². The standard InChI is InChI=1S/C16H20ClN3O/c1-4-21-14-10-12(2)18-15(19-14)20-16(3,11-17)13-8-6-5-7-9-13/h5-10H,4,11H2,1-3H3,(H,18,19,20). The Morgan fingerprint density at radius 3 is 2.57 bits per heavy atom. The number of aryl methyl sites for hydroxylation is 1. The van der Waals surface area contributed by atoms with Crippen LogP contribution in [-0.4, -0.2) is 22.5 Å². The molecule has 0 spiro atoms. The predicted molar refractivity (Wildman–Crippen MR) is 86.1 cm³/mol. The van der Waals surface area contributed by atoms with Crippen LogP contribution in [0.4, 0.5) is 5.95 Å². The zero-order valence-electron chi connectivity index (χ0n) is 12.6. The van der Waals surface area contributed by atoms with E-state index < -0.39 is 5.54 Å². The minimum absolute atomic E-state index is 0.401. The molecular formula is C16H20ClN3O. The molecule has 0 bridgehead atoms. The van der Waals surface area contributed by atoms with E-state index in [1.165, 1.54) is 0 Å². The maximum absolute atomic E-state index is 6.18. The van der Waals surface area contributed by atoms with Crippen molar-refractivity contribution in [3.05, 3.63) is 47.7 Å². The molecule has 0 aliphatic rings. The smallest absolute Gasteiger partial charge is 0.226 e. The topological polar surface area (TPSA) is 47.0 Å². The molecule has 0 radical (unpaired) electrons. The minimum atomic E-state index is -0.444. The summed E-state index contributed by atoms with van der Waals surface area (Å²) in [6.07, 6.45) is 0. The molecule has 1 heterocycles. The minimum Gasteiger partial charge on any atom is -0.478 e. The van der Waals surface area contributed by atoms with Crippen molar-refractivity contribution in [1.82, 2.24) is 9.97 Å². The lowest BCUT2D eigenvalue weighted by Crippen LogP contribution is -2.34.